The Morgan fingerprint density at radius 3 is 3.00 bits per heavy atom. The summed E-state index contributed by atoms with van der Waals surface area (Å²) in [6.45, 7) is 2.11. The minimum atomic E-state index is 0.500. The van der Waals surface area contributed by atoms with Crippen LogP contribution < -0.4 is 10.6 Å². The Bertz CT molecular complexity index is 324. The van der Waals surface area contributed by atoms with E-state index in [2.05, 4.69) is 47.5 Å². The van der Waals surface area contributed by atoms with Crippen molar-refractivity contribution >= 4 is 37.7 Å². The minimum Gasteiger partial charge on any atom is -0.365 e. The molecule has 0 radical (unpaired) electrons. The maximum absolute atomic E-state index is 4.31. The van der Waals surface area contributed by atoms with E-state index in [9.17, 15) is 0 Å². The Morgan fingerprint density at radius 2 is 2.36 bits per heavy atom. The summed E-state index contributed by atoms with van der Waals surface area (Å²) in [7, 11) is 0. The van der Waals surface area contributed by atoms with Crippen molar-refractivity contribution in [1.29, 1.82) is 0 Å². The lowest BCUT2D eigenvalue weighted by atomic mass is 10.2. The first-order valence-electron chi connectivity index (χ1n) is 4.54. The Morgan fingerprint density at radius 1 is 1.50 bits per heavy atom. The van der Waals surface area contributed by atoms with Crippen LogP contribution in [0, 0.1) is 0 Å². The van der Waals surface area contributed by atoms with E-state index >= 15 is 0 Å². The van der Waals surface area contributed by atoms with Crippen molar-refractivity contribution in [1.82, 2.24) is 10.3 Å². The molecule has 3 nitrogen and oxygen atoms in total. The molecule has 0 saturated carbocycles. The number of nitrogens with zero attached hydrogens (tertiary/aromatic N) is 1. The van der Waals surface area contributed by atoms with Crippen LogP contribution in [0.3, 0.4) is 0 Å². The fourth-order valence-electron chi connectivity index (χ4n) is 1.49. The van der Waals surface area contributed by atoms with Gasteiger partial charge < -0.3 is 10.6 Å². The van der Waals surface area contributed by atoms with Crippen LogP contribution in [0.2, 0.25) is 0 Å². The smallest absolute Gasteiger partial charge is 0.140 e. The molecular weight excluding hydrogens is 310 g/mol. The number of rotatable bonds is 2. The molecular formula is C9H11Br2N3. The van der Waals surface area contributed by atoms with Gasteiger partial charge in [-0.1, -0.05) is 0 Å². The van der Waals surface area contributed by atoms with Gasteiger partial charge in [0.25, 0.3) is 0 Å². The molecule has 0 bridgehead atoms. The molecule has 1 aromatic rings. The number of halogens is 2. The molecule has 1 aromatic heterocycles. The minimum absolute atomic E-state index is 0.500. The first-order chi connectivity index (χ1) is 6.75. The standard InChI is InChI=1S/C9H11Br2N3/c10-6-3-8(11)9(13-4-6)14-7-1-2-12-5-7/h3-4,7,12H,1-2,5H2,(H,13,14). The molecule has 2 rings (SSSR count). The SMILES string of the molecule is Brc1cnc(NC2CCNC2)c(Br)c1. The van der Waals surface area contributed by atoms with Gasteiger partial charge in [0.1, 0.15) is 5.82 Å². The van der Waals surface area contributed by atoms with Gasteiger partial charge in [-0.15, -0.1) is 0 Å². The highest BCUT2D eigenvalue weighted by molar-refractivity contribution is 9.11. The Kier molecular flexibility index (Phi) is 3.41. The lowest BCUT2D eigenvalue weighted by Crippen LogP contribution is -2.22. The molecule has 2 heterocycles. The molecule has 0 spiro atoms. The van der Waals surface area contributed by atoms with Gasteiger partial charge in [0, 0.05) is 23.3 Å². The summed E-state index contributed by atoms with van der Waals surface area (Å²) in [5.74, 6) is 0.918. The van der Waals surface area contributed by atoms with Gasteiger partial charge in [-0.25, -0.2) is 4.98 Å². The predicted octanol–water partition coefficient (Wildman–Crippen LogP) is 2.38. The summed E-state index contributed by atoms with van der Waals surface area (Å²) in [5, 5.41) is 6.70. The van der Waals surface area contributed by atoms with Crippen molar-refractivity contribution in [3.8, 4) is 0 Å². The zero-order chi connectivity index (χ0) is 9.97. The van der Waals surface area contributed by atoms with Crippen molar-refractivity contribution in [3.05, 3.63) is 21.2 Å². The fraction of sp³-hybridized carbons (Fsp3) is 0.444. The second kappa shape index (κ2) is 4.59. The summed E-state index contributed by atoms with van der Waals surface area (Å²) in [6.07, 6.45) is 2.96. The topological polar surface area (TPSA) is 37.0 Å². The third-order valence-electron chi connectivity index (χ3n) is 2.21. The maximum atomic E-state index is 4.31. The van der Waals surface area contributed by atoms with Crippen molar-refractivity contribution in [2.75, 3.05) is 18.4 Å². The van der Waals surface area contributed by atoms with Gasteiger partial charge in [-0.2, -0.15) is 0 Å². The van der Waals surface area contributed by atoms with E-state index < -0.39 is 0 Å². The van der Waals surface area contributed by atoms with Gasteiger partial charge in [-0.3, -0.25) is 0 Å². The van der Waals surface area contributed by atoms with E-state index in [4.69, 9.17) is 0 Å². The third-order valence-corrected chi connectivity index (χ3v) is 3.25. The fourth-order valence-corrected chi connectivity index (χ4v) is 2.59. The van der Waals surface area contributed by atoms with Gasteiger partial charge in [0.15, 0.2) is 0 Å². The highest BCUT2D eigenvalue weighted by atomic mass is 79.9. The number of pyridine rings is 1. The Hall–Kier alpha value is -0.130. The zero-order valence-corrected chi connectivity index (χ0v) is 10.7. The molecule has 5 heteroatoms. The van der Waals surface area contributed by atoms with E-state index in [1.54, 1.807) is 6.20 Å². The number of hydrogen-bond acceptors (Lipinski definition) is 3. The predicted molar refractivity (Wildman–Crippen MR) is 64.5 cm³/mol. The van der Waals surface area contributed by atoms with Crippen LogP contribution in [0.15, 0.2) is 21.2 Å². The second-order valence-corrected chi connectivity index (χ2v) is 5.09. The van der Waals surface area contributed by atoms with Crippen molar-refractivity contribution < 1.29 is 0 Å². The van der Waals surface area contributed by atoms with Crippen LogP contribution in [0.25, 0.3) is 0 Å². The van der Waals surface area contributed by atoms with E-state index in [1.165, 1.54) is 0 Å². The zero-order valence-electron chi connectivity index (χ0n) is 7.56. The first-order valence-corrected chi connectivity index (χ1v) is 6.12. The van der Waals surface area contributed by atoms with E-state index in [-0.39, 0.29) is 0 Å². The van der Waals surface area contributed by atoms with Gasteiger partial charge in [-0.05, 0) is 50.9 Å². The normalized spacial score (nSPS) is 21.1. The van der Waals surface area contributed by atoms with Gasteiger partial charge >= 0.3 is 0 Å². The molecule has 14 heavy (non-hydrogen) atoms. The van der Waals surface area contributed by atoms with Gasteiger partial charge in [0.2, 0.25) is 0 Å². The number of aromatic nitrogens is 1. The molecule has 2 N–H and O–H groups in total. The van der Waals surface area contributed by atoms with Gasteiger partial charge in [0.05, 0.1) is 4.47 Å². The largest absolute Gasteiger partial charge is 0.365 e. The maximum Gasteiger partial charge on any atom is 0.140 e. The molecule has 0 amide bonds. The van der Waals surface area contributed by atoms with E-state index in [0.717, 1.165) is 34.3 Å². The highest BCUT2D eigenvalue weighted by Crippen LogP contribution is 2.24. The summed E-state index contributed by atoms with van der Waals surface area (Å²) >= 11 is 6.86. The van der Waals surface area contributed by atoms with Crippen LogP contribution in [0.4, 0.5) is 5.82 Å². The molecule has 1 fully saturated rings. The Labute approximate surface area is 99.9 Å². The van der Waals surface area contributed by atoms with E-state index in [0.29, 0.717) is 6.04 Å². The molecule has 76 valence electrons. The molecule has 1 aliphatic rings. The average Bonchev–Trinajstić information content (AvgIpc) is 2.62. The van der Waals surface area contributed by atoms with E-state index in [1.807, 2.05) is 6.07 Å². The summed E-state index contributed by atoms with van der Waals surface area (Å²) in [4.78, 5) is 4.31. The molecule has 1 atom stereocenters. The average molecular weight is 321 g/mol. The van der Waals surface area contributed by atoms with Crippen LogP contribution in [-0.2, 0) is 0 Å². The molecule has 1 aliphatic heterocycles. The quantitative estimate of drug-likeness (QED) is 0.878. The summed E-state index contributed by atoms with van der Waals surface area (Å²) < 4.78 is 1.98. The number of anilines is 1. The summed E-state index contributed by atoms with van der Waals surface area (Å²) in [5.41, 5.74) is 0. The third kappa shape index (κ3) is 2.46. The summed E-state index contributed by atoms with van der Waals surface area (Å²) in [6, 6.07) is 2.50. The molecule has 0 aliphatic carbocycles. The molecule has 1 saturated heterocycles. The highest BCUT2D eigenvalue weighted by Gasteiger charge is 2.15. The second-order valence-electron chi connectivity index (χ2n) is 3.32. The number of nitrogens with one attached hydrogen (secondary N) is 2. The van der Waals surface area contributed by atoms with Crippen LogP contribution in [-0.4, -0.2) is 24.1 Å². The monoisotopic (exact) mass is 319 g/mol. The Balaban J connectivity index is 2.08. The van der Waals surface area contributed by atoms with Crippen molar-refractivity contribution in [2.45, 2.75) is 12.5 Å². The first kappa shape index (κ1) is 10.4. The van der Waals surface area contributed by atoms with Crippen LogP contribution in [0.1, 0.15) is 6.42 Å². The lowest BCUT2D eigenvalue weighted by molar-refractivity contribution is 0.787. The molecule has 1 unspecified atom stereocenters. The van der Waals surface area contributed by atoms with Crippen LogP contribution in [0.5, 0.6) is 0 Å². The van der Waals surface area contributed by atoms with Crippen LogP contribution >= 0.6 is 31.9 Å². The molecule has 0 aromatic carbocycles. The number of hydrogen-bond donors (Lipinski definition) is 2. The van der Waals surface area contributed by atoms with Crippen molar-refractivity contribution in [3.63, 3.8) is 0 Å². The van der Waals surface area contributed by atoms with Crippen molar-refractivity contribution in [2.24, 2.45) is 0 Å². The lowest BCUT2D eigenvalue weighted by Gasteiger charge is -2.13.